The minimum atomic E-state index is -4.38. The Morgan fingerprint density at radius 1 is 0.326 bits per heavy atom. The normalized spacial score (nSPS) is 12.1. The molecule has 2 nitrogen and oxygen atoms in total. The zero-order valence-electron chi connectivity index (χ0n) is 23.9. The second-order valence-corrected chi connectivity index (χ2v) is 10.9. The van der Waals surface area contributed by atoms with Gasteiger partial charge >= 0.3 is 12.4 Å². The van der Waals surface area contributed by atoms with Crippen molar-refractivity contribution in [3.05, 3.63) is 145 Å². The van der Waals surface area contributed by atoms with Crippen molar-refractivity contribution in [3.63, 3.8) is 0 Å². The van der Waals surface area contributed by atoms with Gasteiger partial charge in [0, 0.05) is 23.2 Å². The second kappa shape index (κ2) is 11.1. The molecular weight excluding hydrogens is 598 g/mol. The molecule has 2 aromatic heterocycles. The molecule has 0 spiro atoms. The van der Waals surface area contributed by atoms with Crippen LogP contribution in [0.1, 0.15) is 11.1 Å². The van der Waals surface area contributed by atoms with Gasteiger partial charge in [-0.2, -0.15) is 26.3 Å². The Balaban J connectivity index is 1.20. The zero-order valence-corrected chi connectivity index (χ0v) is 23.9. The van der Waals surface area contributed by atoms with Crippen molar-refractivity contribution < 1.29 is 26.3 Å². The molecule has 0 saturated heterocycles. The number of hydrogen-bond acceptors (Lipinski definition) is 2. The van der Waals surface area contributed by atoms with Crippen molar-refractivity contribution in [1.29, 1.82) is 0 Å². The van der Waals surface area contributed by atoms with Gasteiger partial charge in [-0.15, -0.1) is 0 Å². The Labute approximate surface area is 259 Å². The Morgan fingerprint density at radius 2 is 0.609 bits per heavy atom. The summed E-state index contributed by atoms with van der Waals surface area (Å²) in [6.07, 6.45) is -5.30. The second-order valence-electron chi connectivity index (χ2n) is 10.9. The van der Waals surface area contributed by atoms with Crippen molar-refractivity contribution in [1.82, 2.24) is 9.97 Å². The van der Waals surface area contributed by atoms with Gasteiger partial charge in [0.1, 0.15) is 0 Å². The molecule has 0 fully saturated rings. The van der Waals surface area contributed by atoms with Gasteiger partial charge in [0.25, 0.3) is 0 Å². The van der Waals surface area contributed by atoms with Crippen LogP contribution in [0, 0.1) is 0 Å². The van der Waals surface area contributed by atoms with E-state index in [2.05, 4.69) is 9.97 Å². The van der Waals surface area contributed by atoms with Crippen LogP contribution in [0.15, 0.2) is 134 Å². The number of aromatic nitrogens is 2. The topological polar surface area (TPSA) is 25.8 Å². The van der Waals surface area contributed by atoms with Crippen LogP contribution in [0.3, 0.4) is 0 Å². The van der Waals surface area contributed by atoms with Crippen molar-refractivity contribution in [2.75, 3.05) is 0 Å². The van der Waals surface area contributed by atoms with Crippen LogP contribution in [0.25, 0.3) is 66.3 Å². The molecule has 0 saturated carbocycles. The summed E-state index contributed by atoms with van der Waals surface area (Å²) in [5, 5.41) is 1.80. The highest BCUT2D eigenvalue weighted by Crippen LogP contribution is 2.37. The Kier molecular flexibility index (Phi) is 7.08. The molecule has 2 heterocycles. The zero-order chi connectivity index (χ0) is 32.1. The van der Waals surface area contributed by atoms with Crippen molar-refractivity contribution in [2.24, 2.45) is 0 Å². The van der Waals surface area contributed by atoms with Crippen LogP contribution in [0.5, 0.6) is 0 Å². The summed E-state index contributed by atoms with van der Waals surface area (Å²) in [6.45, 7) is 0. The van der Waals surface area contributed by atoms with E-state index in [4.69, 9.17) is 0 Å². The SMILES string of the molecule is FC(F)(F)c1ccc(-c2ccc(-c3ccnc4c3ccc3c(-c5ccc(-c6ccc(C(F)(F)F)cc6)cc5)ccnc34)cc2)cc1. The Morgan fingerprint density at radius 3 is 0.913 bits per heavy atom. The third-order valence-electron chi connectivity index (χ3n) is 8.10. The first-order valence-electron chi connectivity index (χ1n) is 14.3. The quantitative estimate of drug-likeness (QED) is 0.145. The summed E-state index contributed by atoms with van der Waals surface area (Å²) in [7, 11) is 0. The highest BCUT2D eigenvalue weighted by Gasteiger charge is 2.30. The van der Waals surface area contributed by atoms with E-state index < -0.39 is 23.5 Å². The van der Waals surface area contributed by atoms with Gasteiger partial charge in [-0.05, 0) is 80.9 Å². The Hall–Kier alpha value is -5.50. The lowest BCUT2D eigenvalue weighted by Crippen LogP contribution is -2.03. The molecule has 0 N–H and O–H groups in total. The third kappa shape index (κ3) is 5.47. The van der Waals surface area contributed by atoms with Gasteiger partial charge in [0.2, 0.25) is 0 Å². The van der Waals surface area contributed by atoms with Crippen LogP contribution in [0.4, 0.5) is 26.3 Å². The molecule has 0 unspecified atom stereocenters. The molecule has 0 aliphatic carbocycles. The minimum absolute atomic E-state index is 0.685. The van der Waals surface area contributed by atoms with E-state index in [0.29, 0.717) is 11.1 Å². The van der Waals surface area contributed by atoms with Crippen LogP contribution in [-0.4, -0.2) is 9.97 Å². The number of nitrogens with zero attached hydrogens (tertiary/aromatic N) is 2. The van der Waals surface area contributed by atoms with E-state index in [1.807, 2.05) is 72.8 Å². The molecule has 0 amide bonds. The van der Waals surface area contributed by atoms with Crippen LogP contribution < -0.4 is 0 Å². The number of hydrogen-bond donors (Lipinski definition) is 0. The van der Waals surface area contributed by atoms with Crippen molar-refractivity contribution >= 4 is 21.8 Å². The minimum Gasteiger partial charge on any atom is -0.254 e. The first kappa shape index (κ1) is 29.2. The van der Waals surface area contributed by atoms with Gasteiger partial charge in [-0.1, -0.05) is 84.9 Å². The van der Waals surface area contributed by atoms with E-state index in [1.165, 1.54) is 24.3 Å². The number of pyridine rings is 2. The van der Waals surface area contributed by atoms with Gasteiger partial charge in [-0.3, -0.25) is 9.97 Å². The molecule has 0 aliphatic rings. The van der Waals surface area contributed by atoms with Crippen molar-refractivity contribution in [3.8, 4) is 44.5 Å². The highest BCUT2D eigenvalue weighted by atomic mass is 19.4. The van der Waals surface area contributed by atoms with Gasteiger partial charge in [0.15, 0.2) is 0 Å². The third-order valence-corrected chi connectivity index (χ3v) is 8.10. The summed E-state index contributed by atoms with van der Waals surface area (Å²) in [4.78, 5) is 9.33. The molecular formula is C38H22F6N2. The lowest BCUT2D eigenvalue weighted by atomic mass is 9.94. The average molecular weight is 621 g/mol. The van der Waals surface area contributed by atoms with Gasteiger partial charge in [-0.25, -0.2) is 0 Å². The first-order chi connectivity index (χ1) is 22.1. The summed E-state index contributed by atoms with van der Waals surface area (Å²) >= 11 is 0. The largest absolute Gasteiger partial charge is 0.416 e. The monoisotopic (exact) mass is 620 g/mol. The predicted molar refractivity (Wildman–Crippen MR) is 169 cm³/mol. The van der Waals surface area contributed by atoms with Gasteiger partial charge in [0.05, 0.1) is 22.2 Å². The smallest absolute Gasteiger partial charge is 0.254 e. The van der Waals surface area contributed by atoms with E-state index in [-0.39, 0.29) is 0 Å². The summed E-state index contributed by atoms with van der Waals surface area (Å²) in [5.74, 6) is 0. The fourth-order valence-electron chi connectivity index (χ4n) is 5.72. The molecule has 7 rings (SSSR count). The fourth-order valence-corrected chi connectivity index (χ4v) is 5.72. The standard InChI is InChI=1S/C38H22F6N2/c39-37(40,41)29-13-9-25(10-14-29)23-1-5-27(6-2-23)31-19-21-45-35-33(31)17-18-34-32(20-22-46-36(34)35)28-7-3-24(4-8-28)26-11-15-30(16-12-26)38(42,43)44/h1-22H. The lowest BCUT2D eigenvalue weighted by Gasteiger charge is -2.12. The van der Waals surface area contributed by atoms with Crippen LogP contribution >= 0.6 is 0 Å². The van der Waals surface area contributed by atoms with E-state index in [9.17, 15) is 26.3 Å². The maximum atomic E-state index is 13.0. The molecule has 0 atom stereocenters. The molecule has 5 aromatic carbocycles. The number of alkyl halides is 6. The molecule has 46 heavy (non-hydrogen) atoms. The van der Waals surface area contributed by atoms with E-state index in [0.717, 1.165) is 79.5 Å². The fraction of sp³-hybridized carbons (Fsp3) is 0.0526. The number of halogens is 6. The van der Waals surface area contributed by atoms with Crippen LogP contribution in [-0.2, 0) is 12.4 Å². The van der Waals surface area contributed by atoms with E-state index >= 15 is 0 Å². The molecule has 226 valence electrons. The predicted octanol–water partition coefficient (Wildman–Crippen LogP) is 11.5. The number of benzene rings is 5. The number of fused-ring (bicyclic) bond motifs is 3. The Bertz CT molecular complexity index is 2020. The summed E-state index contributed by atoms with van der Waals surface area (Å²) in [5.41, 5.74) is 6.81. The number of rotatable bonds is 4. The first-order valence-corrected chi connectivity index (χ1v) is 14.3. The molecule has 7 aromatic rings. The molecule has 0 aliphatic heterocycles. The maximum absolute atomic E-state index is 13.0. The average Bonchev–Trinajstić information content (AvgIpc) is 3.07. The van der Waals surface area contributed by atoms with Crippen molar-refractivity contribution in [2.45, 2.75) is 12.4 Å². The van der Waals surface area contributed by atoms with Crippen LogP contribution in [0.2, 0.25) is 0 Å². The molecule has 0 radical (unpaired) electrons. The summed E-state index contributed by atoms with van der Waals surface area (Å²) in [6, 6.07) is 33.4. The van der Waals surface area contributed by atoms with Gasteiger partial charge < -0.3 is 0 Å². The maximum Gasteiger partial charge on any atom is 0.416 e. The lowest BCUT2D eigenvalue weighted by molar-refractivity contribution is -0.138. The highest BCUT2D eigenvalue weighted by molar-refractivity contribution is 6.11. The molecule has 8 heteroatoms. The molecule has 0 bridgehead atoms. The summed E-state index contributed by atoms with van der Waals surface area (Å²) < 4.78 is 77.8. The van der Waals surface area contributed by atoms with E-state index in [1.54, 1.807) is 12.4 Å².